The third kappa shape index (κ3) is 5.79. The van der Waals surface area contributed by atoms with E-state index in [1.807, 2.05) is 0 Å². The number of hydrogen-bond donors (Lipinski definition) is 4. The molecule has 2 unspecified atom stereocenters. The molecule has 7 N–H and O–H groups in total. The number of carbonyl (C=O) groups is 3. The van der Waals surface area contributed by atoms with E-state index < -0.39 is 29.2 Å². The number of rotatable bonds is 11. The third-order valence-electron chi connectivity index (χ3n) is 5.54. The van der Waals surface area contributed by atoms with Crippen molar-refractivity contribution in [2.24, 2.45) is 5.16 Å². The number of carbonyl (C=O) groups excluding carboxylic acids is 3. The zero-order chi connectivity index (χ0) is 28.3. The zero-order valence-corrected chi connectivity index (χ0v) is 23.1. The molecule has 2 amide bonds. The third-order valence-corrected chi connectivity index (χ3v) is 8.62. The standard InChI is InChI=1S/C22H25N9O5S3/c1-3-5-30-13(24)6-12(23)27-22(30)39-8-10-7-37-19-15(18(33)31(19)16(10)20(34)35)28-17(32)14(29-36-4-2)11-9-38-21(25)26-11/h3,6,9,15,19H,1,4-5,7-8H2,2H3,(H7,23,24,25,26,28,32,34,35)/b29-14-. The SMILES string of the molecule is C=CC[n+]1c(N)cc(N)nc1SCC1=C(C(=O)[O-])N2C(=O)C(NC(=O)/C(=N\OCC)c3csc(N)n3)C2SC1. The van der Waals surface area contributed by atoms with Crippen LogP contribution in [0.5, 0.6) is 0 Å². The number of nitrogens with zero attached hydrogens (tertiary/aromatic N) is 5. The molecule has 0 saturated carbocycles. The maximum absolute atomic E-state index is 13.1. The summed E-state index contributed by atoms with van der Waals surface area (Å²) in [6.07, 6.45) is 1.65. The number of nitrogens with one attached hydrogen (secondary N) is 1. The molecular formula is C22H25N9O5S3. The van der Waals surface area contributed by atoms with Crippen molar-refractivity contribution in [3.63, 3.8) is 0 Å². The summed E-state index contributed by atoms with van der Waals surface area (Å²) in [5.41, 5.74) is 17.8. The number of aromatic nitrogens is 3. The Morgan fingerprint density at radius 2 is 2.18 bits per heavy atom. The van der Waals surface area contributed by atoms with E-state index in [4.69, 9.17) is 22.0 Å². The molecule has 4 heterocycles. The van der Waals surface area contributed by atoms with E-state index in [2.05, 4.69) is 27.0 Å². The molecule has 2 atom stereocenters. The quantitative estimate of drug-likeness (QED) is 0.0455. The minimum absolute atomic E-state index is 0.147. The summed E-state index contributed by atoms with van der Waals surface area (Å²) < 4.78 is 1.68. The number of nitrogens with two attached hydrogens (primary N) is 3. The first kappa shape index (κ1) is 28.2. The molecule has 206 valence electrons. The lowest BCUT2D eigenvalue weighted by Crippen LogP contribution is -2.71. The van der Waals surface area contributed by atoms with Crippen LogP contribution >= 0.6 is 34.9 Å². The number of β-lactam (4-membered cyclic amide) rings is 1. The highest BCUT2D eigenvalue weighted by Gasteiger charge is 2.53. The van der Waals surface area contributed by atoms with Gasteiger partial charge in [0.25, 0.3) is 11.8 Å². The van der Waals surface area contributed by atoms with E-state index in [1.54, 1.807) is 22.9 Å². The zero-order valence-electron chi connectivity index (χ0n) is 20.7. The number of thiazole rings is 1. The van der Waals surface area contributed by atoms with Gasteiger partial charge in [0, 0.05) is 16.9 Å². The van der Waals surface area contributed by atoms with E-state index in [0.29, 0.717) is 23.1 Å². The van der Waals surface area contributed by atoms with Crippen molar-refractivity contribution in [1.82, 2.24) is 20.2 Å². The van der Waals surface area contributed by atoms with Crippen molar-refractivity contribution in [3.8, 4) is 0 Å². The number of fused-ring (bicyclic) bond motifs is 1. The molecule has 4 rings (SSSR count). The van der Waals surface area contributed by atoms with Crippen molar-refractivity contribution in [2.75, 3.05) is 35.3 Å². The van der Waals surface area contributed by atoms with Crippen molar-refractivity contribution >= 4 is 75.1 Å². The summed E-state index contributed by atoms with van der Waals surface area (Å²) in [4.78, 5) is 52.7. The summed E-state index contributed by atoms with van der Waals surface area (Å²) in [5.74, 6) is -1.74. The van der Waals surface area contributed by atoms with Gasteiger partial charge in [-0.15, -0.1) is 23.1 Å². The average molecular weight is 592 g/mol. The van der Waals surface area contributed by atoms with Gasteiger partial charge in [-0.1, -0.05) is 22.8 Å². The Bertz CT molecular complexity index is 1390. The van der Waals surface area contributed by atoms with Crippen LogP contribution in [0, 0.1) is 0 Å². The topological polar surface area (TPSA) is 219 Å². The number of aliphatic carboxylic acids is 1. The lowest BCUT2D eigenvalue weighted by Gasteiger charge is -2.50. The molecule has 0 spiro atoms. The molecule has 0 radical (unpaired) electrons. The van der Waals surface area contributed by atoms with Gasteiger partial charge in [-0.25, -0.2) is 9.55 Å². The second-order valence-electron chi connectivity index (χ2n) is 8.11. The number of oxime groups is 1. The first-order chi connectivity index (χ1) is 18.7. The van der Waals surface area contributed by atoms with Gasteiger partial charge in [0.05, 0.1) is 24.3 Å². The Kier molecular flexibility index (Phi) is 8.61. The first-order valence-corrected chi connectivity index (χ1v) is 14.4. The number of carboxylic acids is 1. The molecule has 0 aromatic carbocycles. The number of amides is 2. The molecule has 1 saturated heterocycles. The number of anilines is 3. The number of carboxylic acid groups (broad SMARTS) is 1. The molecule has 0 bridgehead atoms. The maximum atomic E-state index is 13.1. The minimum atomic E-state index is -1.50. The van der Waals surface area contributed by atoms with Crippen molar-refractivity contribution in [1.29, 1.82) is 0 Å². The molecule has 2 aromatic heterocycles. The predicted molar refractivity (Wildman–Crippen MR) is 146 cm³/mol. The average Bonchev–Trinajstić information content (AvgIpc) is 3.32. The number of allylic oxidation sites excluding steroid dienone is 1. The summed E-state index contributed by atoms with van der Waals surface area (Å²) in [6, 6.07) is 0.528. The van der Waals surface area contributed by atoms with Gasteiger partial charge >= 0.3 is 5.16 Å². The summed E-state index contributed by atoms with van der Waals surface area (Å²) in [6.45, 7) is 5.99. The van der Waals surface area contributed by atoms with Crippen LogP contribution in [0.3, 0.4) is 0 Å². The molecule has 2 aromatic rings. The highest BCUT2D eigenvalue weighted by molar-refractivity contribution is 8.01. The van der Waals surface area contributed by atoms with Crippen molar-refractivity contribution in [2.45, 2.75) is 30.0 Å². The van der Waals surface area contributed by atoms with Crippen LogP contribution in [0.25, 0.3) is 0 Å². The lowest BCUT2D eigenvalue weighted by atomic mass is 10.0. The van der Waals surface area contributed by atoms with Crippen molar-refractivity contribution in [3.05, 3.63) is 41.1 Å². The molecule has 0 aliphatic carbocycles. The first-order valence-electron chi connectivity index (χ1n) is 11.5. The summed E-state index contributed by atoms with van der Waals surface area (Å²) >= 11 is 3.65. The molecule has 1 fully saturated rings. The fraction of sp³-hybridized carbons (Fsp3) is 0.318. The smallest absolute Gasteiger partial charge is 0.301 e. The number of hydrogen-bond acceptors (Lipinski definition) is 14. The number of thioether (sulfide) groups is 2. The molecule has 2 aliphatic rings. The Hall–Kier alpha value is -3.83. The fourth-order valence-corrected chi connectivity index (χ4v) is 6.91. The summed E-state index contributed by atoms with van der Waals surface area (Å²) in [5, 5.41) is 20.2. The van der Waals surface area contributed by atoms with Crippen molar-refractivity contribution < 1.29 is 28.9 Å². The lowest BCUT2D eigenvalue weighted by molar-refractivity contribution is -0.713. The molecule has 39 heavy (non-hydrogen) atoms. The van der Waals surface area contributed by atoms with Crippen LogP contribution < -0.4 is 32.2 Å². The fourth-order valence-electron chi connectivity index (χ4n) is 3.84. The van der Waals surface area contributed by atoms with Crippen LogP contribution in [-0.4, -0.2) is 67.9 Å². The van der Waals surface area contributed by atoms with Crippen LogP contribution in [0.2, 0.25) is 0 Å². The van der Waals surface area contributed by atoms with Crippen LogP contribution in [-0.2, 0) is 25.8 Å². The van der Waals surface area contributed by atoms with Crippen LogP contribution in [0.1, 0.15) is 12.6 Å². The normalized spacial score (nSPS) is 18.8. The van der Waals surface area contributed by atoms with Gasteiger partial charge in [-0.2, -0.15) is 0 Å². The van der Waals surface area contributed by atoms with Crippen LogP contribution in [0.15, 0.2) is 45.7 Å². The summed E-state index contributed by atoms with van der Waals surface area (Å²) in [7, 11) is 0. The molecule has 17 heteroatoms. The Morgan fingerprint density at radius 3 is 2.82 bits per heavy atom. The van der Waals surface area contributed by atoms with Gasteiger partial charge in [0.2, 0.25) is 11.6 Å². The van der Waals surface area contributed by atoms with E-state index in [-0.39, 0.29) is 46.2 Å². The van der Waals surface area contributed by atoms with Gasteiger partial charge in [0.15, 0.2) is 10.8 Å². The van der Waals surface area contributed by atoms with E-state index >= 15 is 0 Å². The minimum Gasteiger partial charge on any atom is -0.543 e. The second-order valence-corrected chi connectivity index (χ2v) is 11.0. The predicted octanol–water partition coefficient (Wildman–Crippen LogP) is -1.30. The maximum Gasteiger partial charge on any atom is 0.301 e. The molecular weight excluding hydrogens is 567 g/mol. The second kappa shape index (κ2) is 11.9. The number of nitrogen functional groups attached to an aromatic ring is 3. The Labute approximate surface area is 235 Å². The largest absolute Gasteiger partial charge is 0.543 e. The Balaban J connectivity index is 1.52. The monoisotopic (exact) mass is 591 g/mol. The Morgan fingerprint density at radius 1 is 1.41 bits per heavy atom. The van der Waals surface area contributed by atoms with Gasteiger partial charge in [-0.3, -0.25) is 14.5 Å². The molecule has 2 aliphatic heterocycles. The van der Waals surface area contributed by atoms with E-state index in [9.17, 15) is 19.5 Å². The highest BCUT2D eigenvalue weighted by Crippen LogP contribution is 2.41. The van der Waals surface area contributed by atoms with Crippen LogP contribution in [0.4, 0.5) is 16.8 Å². The van der Waals surface area contributed by atoms with Gasteiger partial charge < -0.3 is 37.3 Å². The van der Waals surface area contributed by atoms with Gasteiger partial charge in [-0.05, 0) is 24.3 Å². The van der Waals surface area contributed by atoms with Gasteiger partial charge in [0.1, 0.15) is 23.7 Å². The van der Waals surface area contributed by atoms with E-state index in [0.717, 1.165) is 16.2 Å². The highest BCUT2D eigenvalue weighted by atomic mass is 32.2. The van der Waals surface area contributed by atoms with E-state index in [1.165, 1.54) is 29.6 Å². The molecule has 14 nitrogen and oxygen atoms in total.